The molecule has 0 saturated carbocycles. The van der Waals surface area contributed by atoms with Gasteiger partial charge in [-0.3, -0.25) is 9.69 Å². The predicted molar refractivity (Wildman–Crippen MR) is 90.2 cm³/mol. The summed E-state index contributed by atoms with van der Waals surface area (Å²) in [6, 6.07) is 13.5. The minimum atomic E-state index is -0.0230. The van der Waals surface area contributed by atoms with Crippen LogP contribution in [0.4, 0.5) is 5.69 Å². The molecule has 1 atom stereocenters. The maximum Gasteiger partial charge on any atom is 0.238 e. The molecule has 1 unspecified atom stereocenters. The highest BCUT2D eigenvalue weighted by Gasteiger charge is 2.34. The van der Waals surface area contributed by atoms with Gasteiger partial charge in [-0.05, 0) is 35.9 Å². The maximum atomic E-state index is 12.4. The SMILES string of the molecule is O=C1CSC(c2ccc(Cl)cc2)N1c1ccc2nc[nH]c2c1. The zero-order valence-electron chi connectivity index (χ0n) is 11.5. The molecule has 4 rings (SSSR count). The second kappa shape index (κ2) is 5.34. The first kappa shape index (κ1) is 13.7. The first-order valence-corrected chi connectivity index (χ1v) is 8.27. The van der Waals surface area contributed by atoms with E-state index in [0.29, 0.717) is 10.8 Å². The van der Waals surface area contributed by atoms with Crippen molar-refractivity contribution in [3.63, 3.8) is 0 Å². The number of hydrogen-bond acceptors (Lipinski definition) is 3. The van der Waals surface area contributed by atoms with Crippen LogP contribution in [0.3, 0.4) is 0 Å². The van der Waals surface area contributed by atoms with Gasteiger partial charge in [-0.1, -0.05) is 23.7 Å². The molecule has 1 aliphatic rings. The molecule has 1 aliphatic heterocycles. The lowest BCUT2D eigenvalue weighted by atomic mass is 10.2. The lowest BCUT2D eigenvalue weighted by Gasteiger charge is -2.24. The highest BCUT2D eigenvalue weighted by molar-refractivity contribution is 8.00. The molecule has 4 nitrogen and oxygen atoms in total. The Kier molecular flexibility index (Phi) is 3.32. The third-order valence-electron chi connectivity index (χ3n) is 3.71. The molecule has 1 saturated heterocycles. The number of imidazole rings is 1. The van der Waals surface area contributed by atoms with Crippen LogP contribution in [0.25, 0.3) is 11.0 Å². The number of fused-ring (bicyclic) bond motifs is 1. The number of nitrogens with zero attached hydrogens (tertiary/aromatic N) is 2. The number of H-pyrrole nitrogens is 1. The number of amides is 1. The number of nitrogens with one attached hydrogen (secondary N) is 1. The number of benzene rings is 2. The minimum absolute atomic E-state index is 0.0230. The van der Waals surface area contributed by atoms with Gasteiger partial charge in [0.05, 0.1) is 23.1 Å². The summed E-state index contributed by atoms with van der Waals surface area (Å²) in [5, 5.41) is 0.675. The maximum absolute atomic E-state index is 12.4. The van der Waals surface area contributed by atoms with Gasteiger partial charge in [0, 0.05) is 10.7 Å². The summed E-state index contributed by atoms with van der Waals surface area (Å²) in [4.78, 5) is 21.5. The third kappa shape index (κ3) is 2.26. The molecule has 2 aromatic carbocycles. The minimum Gasteiger partial charge on any atom is -0.345 e. The molecule has 0 bridgehead atoms. The topological polar surface area (TPSA) is 49.0 Å². The van der Waals surface area contributed by atoms with Crippen molar-refractivity contribution in [2.75, 3.05) is 10.7 Å². The Bertz CT molecular complexity index is 846. The average molecular weight is 330 g/mol. The average Bonchev–Trinajstić information content (AvgIpc) is 3.13. The van der Waals surface area contributed by atoms with Gasteiger partial charge in [0.15, 0.2) is 0 Å². The second-order valence-corrected chi connectivity index (χ2v) is 6.59. The van der Waals surface area contributed by atoms with E-state index in [-0.39, 0.29) is 11.3 Å². The molecule has 1 aromatic heterocycles. The van der Waals surface area contributed by atoms with Crippen molar-refractivity contribution in [1.82, 2.24) is 9.97 Å². The van der Waals surface area contributed by atoms with Gasteiger partial charge in [0.2, 0.25) is 5.91 Å². The van der Waals surface area contributed by atoms with E-state index in [1.54, 1.807) is 18.1 Å². The van der Waals surface area contributed by atoms with E-state index in [0.717, 1.165) is 22.3 Å². The van der Waals surface area contributed by atoms with Gasteiger partial charge in [0.1, 0.15) is 5.37 Å². The Hall–Kier alpha value is -1.98. The first-order chi connectivity index (χ1) is 10.7. The molecule has 1 N–H and O–H groups in total. The number of hydrogen-bond donors (Lipinski definition) is 1. The van der Waals surface area contributed by atoms with Crippen molar-refractivity contribution in [2.45, 2.75) is 5.37 Å². The number of anilines is 1. The molecule has 110 valence electrons. The summed E-state index contributed by atoms with van der Waals surface area (Å²) in [6.45, 7) is 0. The number of thioether (sulfide) groups is 1. The van der Waals surface area contributed by atoms with Gasteiger partial charge >= 0.3 is 0 Å². The Balaban J connectivity index is 1.76. The van der Waals surface area contributed by atoms with Crippen molar-refractivity contribution < 1.29 is 4.79 Å². The predicted octanol–water partition coefficient (Wildman–Crippen LogP) is 3.99. The van der Waals surface area contributed by atoms with Crippen LogP contribution < -0.4 is 4.90 Å². The van der Waals surface area contributed by atoms with Crippen molar-refractivity contribution in [3.8, 4) is 0 Å². The van der Waals surface area contributed by atoms with E-state index in [2.05, 4.69) is 9.97 Å². The molecule has 22 heavy (non-hydrogen) atoms. The van der Waals surface area contributed by atoms with Crippen molar-refractivity contribution in [2.24, 2.45) is 0 Å². The summed E-state index contributed by atoms with van der Waals surface area (Å²) in [7, 11) is 0. The number of carbonyl (C=O) groups is 1. The lowest BCUT2D eigenvalue weighted by molar-refractivity contribution is -0.115. The normalized spacial score (nSPS) is 18.3. The lowest BCUT2D eigenvalue weighted by Crippen LogP contribution is -2.27. The van der Waals surface area contributed by atoms with Crippen LogP contribution >= 0.6 is 23.4 Å². The molecular weight excluding hydrogens is 318 g/mol. The molecule has 0 aliphatic carbocycles. The van der Waals surface area contributed by atoms with E-state index in [1.807, 2.05) is 47.4 Å². The molecule has 3 aromatic rings. The Labute approximate surface area is 136 Å². The monoisotopic (exact) mass is 329 g/mol. The van der Waals surface area contributed by atoms with E-state index in [9.17, 15) is 4.79 Å². The Morgan fingerprint density at radius 1 is 1.23 bits per heavy atom. The first-order valence-electron chi connectivity index (χ1n) is 6.85. The molecular formula is C16H12ClN3OS. The fraction of sp³-hybridized carbons (Fsp3) is 0.125. The summed E-state index contributed by atoms with van der Waals surface area (Å²) in [5.41, 5.74) is 3.78. The van der Waals surface area contributed by atoms with E-state index in [1.165, 1.54) is 0 Å². The fourth-order valence-electron chi connectivity index (χ4n) is 2.65. The van der Waals surface area contributed by atoms with Crippen LogP contribution in [0, 0.1) is 0 Å². The van der Waals surface area contributed by atoms with E-state index >= 15 is 0 Å². The van der Waals surface area contributed by atoms with Crippen LogP contribution in [0.1, 0.15) is 10.9 Å². The van der Waals surface area contributed by atoms with Crippen LogP contribution in [0.5, 0.6) is 0 Å². The number of aromatic nitrogens is 2. The fourth-order valence-corrected chi connectivity index (χ4v) is 3.95. The van der Waals surface area contributed by atoms with Crippen molar-refractivity contribution in [1.29, 1.82) is 0 Å². The largest absolute Gasteiger partial charge is 0.345 e. The summed E-state index contributed by atoms with van der Waals surface area (Å²) in [5.74, 6) is 0.595. The van der Waals surface area contributed by atoms with Crippen molar-refractivity contribution in [3.05, 3.63) is 59.4 Å². The smallest absolute Gasteiger partial charge is 0.238 e. The van der Waals surface area contributed by atoms with Crippen molar-refractivity contribution >= 4 is 46.0 Å². The number of carbonyl (C=O) groups excluding carboxylic acids is 1. The molecule has 6 heteroatoms. The van der Waals surface area contributed by atoms with Gasteiger partial charge in [0.25, 0.3) is 0 Å². The Morgan fingerprint density at radius 3 is 2.86 bits per heavy atom. The molecule has 1 fully saturated rings. The quantitative estimate of drug-likeness (QED) is 0.773. The Morgan fingerprint density at radius 2 is 2.05 bits per heavy atom. The van der Waals surface area contributed by atoms with Crippen LogP contribution in [-0.4, -0.2) is 21.6 Å². The standard InChI is InChI=1S/C16H12ClN3OS/c17-11-3-1-10(2-4-11)16-20(15(21)8-22-16)12-5-6-13-14(7-12)19-9-18-13/h1-7,9,16H,8H2,(H,18,19). The molecule has 0 radical (unpaired) electrons. The third-order valence-corrected chi connectivity index (χ3v) is 5.17. The zero-order chi connectivity index (χ0) is 15.1. The van der Waals surface area contributed by atoms with Crippen LogP contribution in [-0.2, 0) is 4.79 Å². The van der Waals surface area contributed by atoms with Gasteiger partial charge < -0.3 is 4.98 Å². The van der Waals surface area contributed by atoms with Gasteiger partial charge in [-0.25, -0.2) is 4.98 Å². The zero-order valence-corrected chi connectivity index (χ0v) is 13.1. The number of aromatic amines is 1. The van der Waals surface area contributed by atoms with Gasteiger partial charge in [-0.15, -0.1) is 11.8 Å². The van der Waals surface area contributed by atoms with Crippen LogP contribution in [0.2, 0.25) is 5.02 Å². The highest BCUT2D eigenvalue weighted by atomic mass is 35.5. The summed E-state index contributed by atoms with van der Waals surface area (Å²) < 4.78 is 0. The summed E-state index contributed by atoms with van der Waals surface area (Å²) in [6.07, 6.45) is 1.66. The van der Waals surface area contributed by atoms with Gasteiger partial charge in [-0.2, -0.15) is 0 Å². The van der Waals surface area contributed by atoms with E-state index < -0.39 is 0 Å². The van der Waals surface area contributed by atoms with Crippen LogP contribution in [0.15, 0.2) is 48.8 Å². The molecule has 2 heterocycles. The van der Waals surface area contributed by atoms with E-state index in [4.69, 9.17) is 11.6 Å². The number of halogens is 1. The highest BCUT2D eigenvalue weighted by Crippen LogP contribution is 2.42. The second-order valence-electron chi connectivity index (χ2n) is 5.08. The molecule has 1 amide bonds. The number of rotatable bonds is 2. The molecule has 0 spiro atoms. The summed E-state index contributed by atoms with van der Waals surface area (Å²) >= 11 is 7.58.